The van der Waals surface area contributed by atoms with Crippen LogP contribution in [0.2, 0.25) is 0 Å². The number of hydrogen-bond donors (Lipinski definition) is 2. The second-order valence-electron chi connectivity index (χ2n) is 6.60. The quantitative estimate of drug-likeness (QED) is 0.762. The molecule has 3 aromatic rings. The first-order chi connectivity index (χ1) is 11.6. The van der Waals surface area contributed by atoms with Crippen LogP contribution in [0.5, 0.6) is 0 Å². The minimum Gasteiger partial charge on any atom is -0.328 e. The van der Waals surface area contributed by atoms with E-state index in [9.17, 15) is 0 Å². The molecule has 0 radical (unpaired) electrons. The first-order valence-corrected chi connectivity index (χ1v) is 8.33. The molecular weight excluding hydrogens is 304 g/mol. The summed E-state index contributed by atoms with van der Waals surface area (Å²) in [7, 11) is 1.90. The number of aromatic amines is 1. The van der Waals surface area contributed by atoms with E-state index in [0.717, 1.165) is 48.5 Å². The topological polar surface area (TPSA) is 103 Å². The highest BCUT2D eigenvalue weighted by molar-refractivity contribution is 5.56. The van der Waals surface area contributed by atoms with Crippen LogP contribution >= 0.6 is 0 Å². The van der Waals surface area contributed by atoms with Gasteiger partial charge >= 0.3 is 0 Å². The van der Waals surface area contributed by atoms with Crippen LogP contribution in [-0.4, -0.2) is 40.8 Å². The molecule has 0 unspecified atom stereocenters. The molecule has 8 heteroatoms. The molecule has 4 rings (SSSR count). The molecule has 3 heterocycles. The lowest BCUT2D eigenvalue weighted by Crippen LogP contribution is -2.26. The van der Waals surface area contributed by atoms with Crippen molar-refractivity contribution in [3.8, 4) is 17.1 Å². The molecular formula is C16H22N8. The first-order valence-electron chi connectivity index (χ1n) is 8.33. The Morgan fingerprint density at radius 1 is 1.21 bits per heavy atom. The second-order valence-corrected chi connectivity index (χ2v) is 6.60. The summed E-state index contributed by atoms with van der Waals surface area (Å²) < 4.78 is 3.70. The zero-order valence-corrected chi connectivity index (χ0v) is 14.0. The summed E-state index contributed by atoms with van der Waals surface area (Å²) in [4.78, 5) is 4.86. The molecule has 1 aliphatic carbocycles. The number of H-pyrrole nitrogens is 1. The molecule has 1 fully saturated rings. The van der Waals surface area contributed by atoms with Gasteiger partial charge in [-0.05, 0) is 32.6 Å². The normalized spacial score (nSPS) is 21.3. The minimum atomic E-state index is 0.312. The summed E-state index contributed by atoms with van der Waals surface area (Å²) in [5.74, 6) is 2.07. The number of hydrogen-bond acceptors (Lipinski definition) is 5. The van der Waals surface area contributed by atoms with Crippen LogP contribution in [0.15, 0.2) is 18.6 Å². The highest BCUT2D eigenvalue weighted by atomic mass is 15.4. The van der Waals surface area contributed by atoms with Crippen LogP contribution in [0.3, 0.4) is 0 Å². The van der Waals surface area contributed by atoms with Gasteiger partial charge in [-0.1, -0.05) is 0 Å². The van der Waals surface area contributed by atoms with E-state index in [2.05, 4.69) is 15.3 Å². The highest BCUT2D eigenvalue weighted by Gasteiger charge is 2.27. The Hall–Kier alpha value is -2.48. The van der Waals surface area contributed by atoms with Crippen LogP contribution in [0.25, 0.3) is 17.1 Å². The Morgan fingerprint density at radius 2 is 2.00 bits per heavy atom. The van der Waals surface area contributed by atoms with Crippen molar-refractivity contribution < 1.29 is 0 Å². The highest BCUT2D eigenvalue weighted by Crippen LogP contribution is 2.33. The summed E-state index contributed by atoms with van der Waals surface area (Å²) in [5, 5.41) is 16.1. The molecule has 24 heavy (non-hydrogen) atoms. The van der Waals surface area contributed by atoms with Crippen molar-refractivity contribution in [1.82, 2.24) is 34.7 Å². The van der Waals surface area contributed by atoms with Gasteiger partial charge in [0.1, 0.15) is 11.5 Å². The van der Waals surface area contributed by atoms with E-state index < -0.39 is 0 Å². The van der Waals surface area contributed by atoms with Crippen molar-refractivity contribution in [2.45, 2.75) is 44.6 Å². The number of nitrogens with one attached hydrogen (secondary N) is 1. The molecule has 0 aromatic carbocycles. The molecule has 0 atom stereocenters. The third-order valence-corrected chi connectivity index (χ3v) is 4.78. The van der Waals surface area contributed by atoms with E-state index in [1.165, 1.54) is 0 Å². The zero-order valence-electron chi connectivity index (χ0n) is 14.0. The lowest BCUT2D eigenvalue weighted by atomic mass is 9.86. The van der Waals surface area contributed by atoms with Crippen LogP contribution in [0.4, 0.5) is 0 Å². The van der Waals surface area contributed by atoms with Gasteiger partial charge in [0.15, 0.2) is 5.82 Å². The van der Waals surface area contributed by atoms with E-state index in [-0.39, 0.29) is 0 Å². The first kappa shape index (κ1) is 15.1. The molecule has 0 bridgehead atoms. The van der Waals surface area contributed by atoms with Gasteiger partial charge in [0.25, 0.3) is 0 Å². The Bertz CT molecular complexity index is 834. The Kier molecular flexibility index (Phi) is 3.68. The van der Waals surface area contributed by atoms with Gasteiger partial charge in [-0.3, -0.25) is 9.78 Å². The zero-order chi connectivity index (χ0) is 16.7. The van der Waals surface area contributed by atoms with Crippen molar-refractivity contribution in [2.24, 2.45) is 12.8 Å². The largest absolute Gasteiger partial charge is 0.328 e. The van der Waals surface area contributed by atoms with Crippen molar-refractivity contribution in [2.75, 3.05) is 0 Å². The van der Waals surface area contributed by atoms with Crippen molar-refractivity contribution >= 4 is 0 Å². The molecule has 126 valence electrons. The number of aromatic nitrogens is 7. The summed E-state index contributed by atoms with van der Waals surface area (Å²) in [6.07, 6.45) is 9.71. The van der Waals surface area contributed by atoms with Crippen molar-refractivity contribution in [1.29, 1.82) is 0 Å². The molecule has 0 amide bonds. The Morgan fingerprint density at radius 3 is 2.62 bits per heavy atom. The molecule has 0 aliphatic heterocycles. The maximum absolute atomic E-state index is 6.06. The van der Waals surface area contributed by atoms with E-state index in [1.54, 1.807) is 10.9 Å². The van der Waals surface area contributed by atoms with Crippen LogP contribution in [-0.2, 0) is 7.05 Å². The van der Waals surface area contributed by atoms with E-state index in [0.29, 0.717) is 17.8 Å². The van der Waals surface area contributed by atoms with Crippen LogP contribution < -0.4 is 5.73 Å². The fraction of sp³-hybridized carbons (Fsp3) is 0.500. The summed E-state index contributed by atoms with van der Waals surface area (Å²) >= 11 is 0. The van der Waals surface area contributed by atoms with Crippen molar-refractivity contribution in [3.05, 3.63) is 30.1 Å². The number of nitrogens with two attached hydrogens (primary N) is 1. The predicted octanol–water partition coefficient (Wildman–Crippen LogP) is 1.68. The standard InChI is InChI=1S/C16H22N8/c1-10-14(8-18-21-10)15-20-16(11-3-5-12(17)6-4-11)24(22-15)13-7-19-23(2)9-13/h7-9,11-12H,3-6,17H2,1-2H3,(H,18,21). The van der Waals surface area contributed by atoms with Gasteiger partial charge in [0, 0.05) is 24.7 Å². The lowest BCUT2D eigenvalue weighted by molar-refractivity contribution is 0.380. The second kappa shape index (κ2) is 5.86. The van der Waals surface area contributed by atoms with Crippen LogP contribution in [0.1, 0.15) is 43.1 Å². The molecule has 1 aliphatic rings. The lowest BCUT2D eigenvalue weighted by Gasteiger charge is -2.25. The summed E-state index contributed by atoms with van der Waals surface area (Å²) in [5.41, 5.74) is 8.90. The van der Waals surface area contributed by atoms with Crippen molar-refractivity contribution in [3.63, 3.8) is 0 Å². The van der Waals surface area contributed by atoms with Gasteiger partial charge in [-0.2, -0.15) is 10.2 Å². The summed E-state index contributed by atoms with van der Waals surface area (Å²) in [6, 6.07) is 0.312. The van der Waals surface area contributed by atoms with Gasteiger partial charge in [-0.15, -0.1) is 5.10 Å². The third-order valence-electron chi connectivity index (χ3n) is 4.78. The molecule has 3 aromatic heterocycles. The monoisotopic (exact) mass is 326 g/mol. The smallest absolute Gasteiger partial charge is 0.185 e. The molecule has 0 saturated heterocycles. The molecule has 0 spiro atoms. The summed E-state index contributed by atoms with van der Waals surface area (Å²) in [6.45, 7) is 1.98. The number of aryl methyl sites for hydroxylation is 2. The minimum absolute atomic E-state index is 0.312. The average molecular weight is 326 g/mol. The maximum atomic E-state index is 6.06. The SMILES string of the molecule is Cc1[nH]ncc1-c1nc(C2CCC(N)CC2)n(-c2cnn(C)c2)n1. The van der Waals surface area contributed by atoms with Gasteiger partial charge in [0.05, 0.1) is 24.2 Å². The van der Waals surface area contributed by atoms with Gasteiger partial charge in [-0.25, -0.2) is 9.67 Å². The molecule has 8 nitrogen and oxygen atoms in total. The number of rotatable bonds is 3. The van der Waals surface area contributed by atoms with Gasteiger partial charge < -0.3 is 5.73 Å². The average Bonchev–Trinajstić information content (AvgIpc) is 3.27. The van der Waals surface area contributed by atoms with E-state index >= 15 is 0 Å². The fourth-order valence-corrected chi connectivity index (χ4v) is 3.36. The van der Waals surface area contributed by atoms with E-state index in [4.69, 9.17) is 15.8 Å². The van der Waals surface area contributed by atoms with E-state index in [1.807, 2.05) is 31.0 Å². The Balaban J connectivity index is 1.78. The third kappa shape index (κ3) is 2.62. The molecule has 3 N–H and O–H groups in total. The predicted molar refractivity (Wildman–Crippen MR) is 89.6 cm³/mol. The van der Waals surface area contributed by atoms with Crippen LogP contribution in [0, 0.1) is 6.92 Å². The fourth-order valence-electron chi connectivity index (χ4n) is 3.36. The Labute approximate surface area is 140 Å². The number of nitrogens with zero attached hydrogens (tertiary/aromatic N) is 6. The molecule has 1 saturated carbocycles. The van der Waals surface area contributed by atoms with Gasteiger partial charge in [0.2, 0.25) is 0 Å². The maximum Gasteiger partial charge on any atom is 0.185 e.